The van der Waals surface area contributed by atoms with Gasteiger partial charge in [0.05, 0.1) is 51.7 Å². The lowest BCUT2D eigenvalue weighted by Crippen LogP contribution is -1.96. The van der Waals surface area contributed by atoms with Crippen molar-refractivity contribution in [3.63, 3.8) is 0 Å². The summed E-state index contributed by atoms with van der Waals surface area (Å²) in [5.74, 6) is 1.39. The number of nitro benzene ring substituents is 3. The first-order valence-corrected chi connectivity index (χ1v) is 24.3. The minimum absolute atomic E-state index is 0.109. The van der Waals surface area contributed by atoms with Crippen LogP contribution in [0.4, 0.5) is 17.1 Å². The van der Waals surface area contributed by atoms with E-state index in [1.807, 2.05) is 48.5 Å². The van der Waals surface area contributed by atoms with Crippen molar-refractivity contribution in [1.82, 2.24) is 0 Å². The van der Waals surface area contributed by atoms with E-state index in [1.165, 1.54) is 18.2 Å². The third kappa shape index (κ3) is 27.8. The molecule has 0 atom stereocenters. The molecule has 0 aliphatic rings. The van der Waals surface area contributed by atoms with Crippen LogP contribution in [0.1, 0.15) is 82.9 Å². The molecule has 0 unspecified atom stereocenters. The molecule has 80 heavy (non-hydrogen) atoms. The van der Waals surface area contributed by atoms with E-state index in [1.54, 1.807) is 123 Å². The summed E-state index contributed by atoms with van der Waals surface area (Å²) in [6.07, 6.45) is 5.60. The molecule has 8 aromatic carbocycles. The quantitative estimate of drug-likeness (QED) is 0.0589. The molecule has 22 heteroatoms. The highest BCUT2D eigenvalue weighted by molar-refractivity contribution is 9.10. The van der Waals surface area contributed by atoms with Crippen LogP contribution < -0.4 is 9.47 Å². The number of benzene rings is 8. The summed E-state index contributed by atoms with van der Waals surface area (Å²) < 4.78 is 11.8. The zero-order valence-corrected chi connectivity index (χ0v) is 46.0. The summed E-state index contributed by atoms with van der Waals surface area (Å²) in [6.45, 7) is 0. The number of nitrogens with zero attached hydrogens (tertiary/aromatic N) is 3. The van der Waals surface area contributed by atoms with Crippen molar-refractivity contribution in [2.24, 2.45) is 0 Å². The number of hydrogen-bond acceptors (Lipinski definition) is 16. The molecule has 0 heterocycles. The average molecular weight is 1240 g/mol. The van der Waals surface area contributed by atoms with E-state index in [-0.39, 0.29) is 23.1 Å². The fourth-order valence-electron chi connectivity index (χ4n) is 5.26. The van der Waals surface area contributed by atoms with Crippen molar-refractivity contribution in [3.8, 4) is 11.5 Å². The highest BCUT2D eigenvalue weighted by atomic mass is 79.9. The SMILES string of the molecule is COc1ccc(C=O)cc1.COc1ccccc1C=O.O=Cc1ccc(Br)cc1.O=Cc1ccc(Br)cc1.O=Cc1ccc(Cl)cc1.O=Cc1ccc([N+](=O)[O-])cc1[N+](=O)[O-].O=Cc1ccccc1.O=Cc1ccccc1[N+](=O)[O-]. The van der Waals surface area contributed by atoms with Gasteiger partial charge >= 0.3 is 0 Å². The minimum atomic E-state index is -0.837. The maximum atomic E-state index is 10.4. The molecular formula is C58H46Br2ClN3O16. The lowest BCUT2D eigenvalue weighted by molar-refractivity contribution is -0.394. The molecule has 0 N–H and O–H groups in total. The summed E-state index contributed by atoms with van der Waals surface area (Å²) in [4.78, 5) is 110. The van der Waals surface area contributed by atoms with Crippen molar-refractivity contribution in [2.75, 3.05) is 14.2 Å². The van der Waals surface area contributed by atoms with Gasteiger partial charge in [0.2, 0.25) is 0 Å². The van der Waals surface area contributed by atoms with Gasteiger partial charge in [0.15, 0.2) is 18.9 Å². The molecule has 0 radical (unpaired) electrons. The third-order valence-electron chi connectivity index (χ3n) is 9.28. The predicted octanol–water partition coefficient (Wildman–Crippen LogP) is 13.9. The Balaban J connectivity index is 0.000000459. The number of hydrogen-bond donors (Lipinski definition) is 0. The highest BCUT2D eigenvalue weighted by Gasteiger charge is 2.18. The van der Waals surface area contributed by atoms with E-state index in [2.05, 4.69) is 31.9 Å². The van der Waals surface area contributed by atoms with E-state index in [9.17, 15) is 68.7 Å². The van der Waals surface area contributed by atoms with Crippen LogP contribution in [0.3, 0.4) is 0 Å². The predicted molar refractivity (Wildman–Crippen MR) is 308 cm³/mol. The molecule has 0 aliphatic heterocycles. The zero-order valence-electron chi connectivity index (χ0n) is 42.1. The monoisotopic (exact) mass is 1230 g/mol. The Morgan fingerprint density at radius 2 is 0.738 bits per heavy atom. The fourth-order valence-corrected chi connectivity index (χ4v) is 5.91. The Hall–Kier alpha value is -9.83. The number of ether oxygens (including phenoxy) is 2. The summed E-state index contributed by atoms with van der Waals surface area (Å²) in [7, 11) is 3.14. The van der Waals surface area contributed by atoms with Crippen LogP contribution in [0.2, 0.25) is 5.02 Å². The Kier molecular flexibility index (Phi) is 34.5. The van der Waals surface area contributed by atoms with E-state index in [4.69, 9.17) is 21.1 Å². The fraction of sp³-hybridized carbons (Fsp3) is 0.0345. The number of rotatable bonds is 13. The Morgan fingerprint density at radius 1 is 0.375 bits per heavy atom. The second-order valence-corrected chi connectivity index (χ2v) is 16.9. The Labute approximate surface area is 479 Å². The average Bonchev–Trinajstić information content (AvgIpc) is 3.50. The van der Waals surface area contributed by atoms with Gasteiger partial charge in [0.1, 0.15) is 42.9 Å². The molecule has 410 valence electrons. The van der Waals surface area contributed by atoms with E-state index in [0.717, 1.165) is 76.2 Å². The number of carbonyl (C=O) groups excluding carboxylic acids is 8. The lowest BCUT2D eigenvalue weighted by atomic mass is 10.2. The lowest BCUT2D eigenvalue weighted by Gasteiger charge is -1.99. The molecule has 19 nitrogen and oxygen atoms in total. The molecule has 8 rings (SSSR count). The van der Waals surface area contributed by atoms with E-state index >= 15 is 0 Å². The Bertz CT molecular complexity index is 3120. The smallest absolute Gasteiger partial charge is 0.286 e. The summed E-state index contributed by atoms with van der Waals surface area (Å²) >= 11 is 12.1. The second-order valence-electron chi connectivity index (χ2n) is 14.6. The number of non-ortho nitro benzene ring substituents is 1. The normalized spacial score (nSPS) is 9.01. The van der Waals surface area contributed by atoms with Gasteiger partial charge in [-0.15, -0.1) is 0 Å². The molecule has 0 saturated heterocycles. The van der Waals surface area contributed by atoms with Gasteiger partial charge in [0.25, 0.3) is 17.1 Å². The first-order chi connectivity index (χ1) is 38.5. The van der Waals surface area contributed by atoms with Crippen molar-refractivity contribution in [1.29, 1.82) is 0 Å². The van der Waals surface area contributed by atoms with Gasteiger partial charge in [-0.3, -0.25) is 68.7 Å². The molecule has 0 amide bonds. The number of methoxy groups -OCH3 is 2. The van der Waals surface area contributed by atoms with Crippen LogP contribution >= 0.6 is 43.5 Å². The second kappa shape index (κ2) is 40.4. The van der Waals surface area contributed by atoms with Gasteiger partial charge in [0, 0.05) is 53.9 Å². The van der Waals surface area contributed by atoms with Gasteiger partial charge < -0.3 is 9.47 Å². The topological polar surface area (TPSA) is 284 Å². The number of carbonyl (C=O) groups is 8. The molecule has 0 fully saturated rings. The van der Waals surface area contributed by atoms with Crippen LogP contribution in [0.15, 0.2) is 203 Å². The first kappa shape index (κ1) is 68.2. The third-order valence-corrected chi connectivity index (χ3v) is 10.6. The van der Waals surface area contributed by atoms with Crippen LogP contribution in [-0.2, 0) is 0 Å². The number of halogens is 3. The maximum Gasteiger partial charge on any atom is 0.286 e. The van der Waals surface area contributed by atoms with Crippen molar-refractivity contribution in [2.45, 2.75) is 0 Å². The summed E-state index contributed by atoms with van der Waals surface area (Å²) in [6, 6.07) is 52.9. The van der Waals surface area contributed by atoms with Crippen molar-refractivity contribution in [3.05, 3.63) is 283 Å². The van der Waals surface area contributed by atoms with Crippen LogP contribution in [0, 0.1) is 30.3 Å². The van der Waals surface area contributed by atoms with Gasteiger partial charge in [-0.05, 0) is 84.9 Å². The molecule has 0 saturated carbocycles. The van der Waals surface area contributed by atoms with Crippen LogP contribution in [0.5, 0.6) is 11.5 Å². The molecule has 0 bridgehead atoms. The van der Waals surface area contributed by atoms with E-state index in [0.29, 0.717) is 44.9 Å². The van der Waals surface area contributed by atoms with Gasteiger partial charge in [-0.25, -0.2) is 0 Å². The van der Waals surface area contributed by atoms with Crippen molar-refractivity contribution < 1.29 is 62.6 Å². The van der Waals surface area contributed by atoms with Gasteiger partial charge in [-0.1, -0.05) is 134 Å². The summed E-state index contributed by atoms with van der Waals surface area (Å²) in [5.41, 5.74) is 2.85. The van der Waals surface area contributed by atoms with Crippen LogP contribution in [0.25, 0.3) is 0 Å². The minimum Gasteiger partial charge on any atom is -0.497 e. The number of aldehydes is 8. The highest BCUT2D eigenvalue weighted by Crippen LogP contribution is 2.23. The zero-order chi connectivity index (χ0) is 59.7. The summed E-state index contributed by atoms with van der Waals surface area (Å²) in [5, 5.41) is 31.5. The molecular weight excluding hydrogens is 1190 g/mol. The first-order valence-electron chi connectivity index (χ1n) is 22.3. The standard InChI is InChI=1S/2C8H8O2.2C7H5BrO.C7H5ClO.C7H4N2O5.C7H5NO3.C7H6O/c1-10-8-4-2-7(6-9)3-5-8;1-10-8-5-3-2-4-7(8)6-9;3*8-7-3-1-6(5-9)2-4-7;10-4-5-1-2-6(8(11)12)3-7(5)9(13)14;9-5-6-3-1-2-4-7(6)8(10)11;8-6-7-4-2-1-3-5-7/h2*2-6H,1H3;3*1-5H;1-4H;1-5H;1-6H. The molecule has 0 aromatic heterocycles. The largest absolute Gasteiger partial charge is 0.497 e. The Morgan fingerprint density at radius 3 is 1.09 bits per heavy atom. The molecule has 8 aromatic rings. The molecule has 0 aliphatic carbocycles. The maximum absolute atomic E-state index is 10.4. The van der Waals surface area contributed by atoms with Crippen molar-refractivity contribution >= 4 is 111 Å². The van der Waals surface area contributed by atoms with Crippen LogP contribution in [-0.4, -0.2) is 79.3 Å². The molecule has 0 spiro atoms. The number of para-hydroxylation sites is 2. The van der Waals surface area contributed by atoms with Gasteiger partial charge in [-0.2, -0.15) is 0 Å². The van der Waals surface area contributed by atoms with E-state index < -0.39 is 26.1 Å². The number of nitro groups is 3.